The van der Waals surface area contributed by atoms with Crippen molar-refractivity contribution >= 4 is 5.91 Å². The predicted octanol–water partition coefficient (Wildman–Crippen LogP) is 0.182. The molecule has 4 nitrogen and oxygen atoms in total. The van der Waals surface area contributed by atoms with Crippen molar-refractivity contribution in [2.45, 2.75) is 32.8 Å². The van der Waals surface area contributed by atoms with E-state index in [4.69, 9.17) is 10.6 Å². The molecule has 0 saturated carbocycles. The smallest absolute Gasteiger partial charge is 0.218 e. The molecule has 0 fully saturated rings. The molecule has 0 rings (SSSR count). The topological polar surface area (TPSA) is 64.3 Å². The van der Waals surface area contributed by atoms with Crippen molar-refractivity contribution in [3.63, 3.8) is 0 Å². The Morgan fingerprint density at radius 2 is 2.09 bits per heavy atom. The molecule has 0 bridgehead atoms. The third kappa shape index (κ3) is 9.39. The van der Waals surface area contributed by atoms with Crippen LogP contribution in [0, 0.1) is 0 Å². The lowest BCUT2D eigenvalue weighted by Crippen LogP contribution is -2.31. The average molecular weight is 160 g/mol. The Morgan fingerprint density at radius 1 is 1.55 bits per heavy atom. The first kappa shape index (κ1) is 10.4. The molecule has 0 radical (unpaired) electrons. The molecule has 0 atom stereocenters. The predicted molar refractivity (Wildman–Crippen MR) is 42.7 cm³/mol. The van der Waals surface area contributed by atoms with Gasteiger partial charge in [0, 0.05) is 13.0 Å². The normalized spacial score (nSPS) is 11.5. The molecule has 0 spiro atoms. The van der Waals surface area contributed by atoms with Crippen LogP contribution >= 0.6 is 0 Å². The number of nitrogens with two attached hydrogens (primary N) is 1. The zero-order valence-corrected chi connectivity index (χ0v) is 7.31. The van der Waals surface area contributed by atoms with E-state index in [0.29, 0.717) is 13.0 Å². The largest absolute Gasteiger partial charge is 0.370 e. The summed E-state index contributed by atoms with van der Waals surface area (Å²) >= 11 is 0. The summed E-state index contributed by atoms with van der Waals surface area (Å²) in [6.45, 7) is 6.23. The van der Waals surface area contributed by atoms with E-state index >= 15 is 0 Å². The Balaban J connectivity index is 3.22. The highest BCUT2D eigenvalue weighted by Gasteiger charge is 2.09. The molecule has 0 unspecified atom stereocenters. The summed E-state index contributed by atoms with van der Waals surface area (Å²) in [5.41, 5.74) is 7.34. The molecule has 0 aromatic rings. The summed E-state index contributed by atoms with van der Waals surface area (Å²) in [5, 5.41) is 0. The van der Waals surface area contributed by atoms with Crippen molar-refractivity contribution in [2.75, 3.05) is 6.54 Å². The molecule has 0 aromatic heterocycles. The number of hydrogen-bond acceptors (Lipinski definition) is 3. The van der Waals surface area contributed by atoms with Crippen LogP contribution in [0.3, 0.4) is 0 Å². The van der Waals surface area contributed by atoms with Gasteiger partial charge in [0.2, 0.25) is 5.91 Å². The third-order valence-corrected chi connectivity index (χ3v) is 0.852. The molecular weight excluding hydrogens is 144 g/mol. The van der Waals surface area contributed by atoms with E-state index in [1.165, 1.54) is 0 Å². The summed E-state index contributed by atoms with van der Waals surface area (Å²) in [6.07, 6.45) is 0.302. The number of nitrogens with one attached hydrogen (secondary N) is 1. The van der Waals surface area contributed by atoms with E-state index in [-0.39, 0.29) is 11.5 Å². The van der Waals surface area contributed by atoms with Crippen LogP contribution in [0.2, 0.25) is 0 Å². The number of hydrogen-bond donors (Lipinski definition) is 2. The van der Waals surface area contributed by atoms with Crippen molar-refractivity contribution in [1.29, 1.82) is 0 Å². The van der Waals surface area contributed by atoms with Gasteiger partial charge in [-0.05, 0) is 20.8 Å². The van der Waals surface area contributed by atoms with E-state index in [2.05, 4.69) is 5.48 Å². The molecular formula is C7H16N2O2. The number of rotatable bonds is 4. The lowest BCUT2D eigenvalue weighted by atomic mass is 10.2. The van der Waals surface area contributed by atoms with Gasteiger partial charge in [-0.25, -0.2) is 5.48 Å². The maximum absolute atomic E-state index is 10.3. The standard InChI is InChI=1S/C7H16N2O2/c1-7(2,3)11-9-5-4-6(8)10/h9H,4-5H2,1-3H3,(H2,8,10). The van der Waals surface area contributed by atoms with E-state index in [1.54, 1.807) is 0 Å². The van der Waals surface area contributed by atoms with Crippen LogP contribution in [0.1, 0.15) is 27.2 Å². The lowest BCUT2D eigenvalue weighted by Gasteiger charge is -2.18. The summed E-state index contributed by atoms with van der Waals surface area (Å²) in [4.78, 5) is 15.4. The number of hydroxylamine groups is 1. The van der Waals surface area contributed by atoms with Crippen LogP contribution in [0.25, 0.3) is 0 Å². The maximum atomic E-state index is 10.3. The quantitative estimate of drug-likeness (QED) is 0.455. The van der Waals surface area contributed by atoms with Gasteiger partial charge in [0.1, 0.15) is 0 Å². The molecule has 0 aliphatic heterocycles. The van der Waals surface area contributed by atoms with Crippen molar-refractivity contribution in [1.82, 2.24) is 5.48 Å². The molecule has 4 heteroatoms. The van der Waals surface area contributed by atoms with E-state index in [9.17, 15) is 4.79 Å². The monoisotopic (exact) mass is 160 g/mol. The maximum Gasteiger partial charge on any atom is 0.218 e. The van der Waals surface area contributed by atoms with Crippen LogP contribution in [-0.4, -0.2) is 18.1 Å². The van der Waals surface area contributed by atoms with Crippen LogP contribution in [0.5, 0.6) is 0 Å². The fraction of sp³-hybridized carbons (Fsp3) is 0.857. The third-order valence-electron chi connectivity index (χ3n) is 0.852. The van der Waals surface area contributed by atoms with Crippen molar-refractivity contribution < 1.29 is 9.63 Å². The fourth-order valence-corrected chi connectivity index (χ4v) is 0.442. The molecule has 3 N–H and O–H groups in total. The Kier molecular flexibility index (Phi) is 4.07. The van der Waals surface area contributed by atoms with Crippen LogP contribution < -0.4 is 11.2 Å². The lowest BCUT2D eigenvalue weighted by molar-refractivity contribution is -0.119. The minimum atomic E-state index is -0.324. The number of carbonyl (C=O) groups is 1. The van der Waals surface area contributed by atoms with Crippen molar-refractivity contribution in [3.05, 3.63) is 0 Å². The van der Waals surface area contributed by atoms with E-state index < -0.39 is 0 Å². The van der Waals surface area contributed by atoms with Gasteiger partial charge in [-0.1, -0.05) is 0 Å². The molecule has 11 heavy (non-hydrogen) atoms. The minimum absolute atomic E-state index is 0.225. The minimum Gasteiger partial charge on any atom is -0.370 e. The first-order chi connectivity index (χ1) is 4.92. The highest BCUT2D eigenvalue weighted by atomic mass is 16.7. The van der Waals surface area contributed by atoms with Gasteiger partial charge in [-0.3, -0.25) is 9.63 Å². The zero-order valence-electron chi connectivity index (χ0n) is 7.31. The highest BCUT2D eigenvalue weighted by Crippen LogP contribution is 2.02. The van der Waals surface area contributed by atoms with Crippen LogP contribution in [0.15, 0.2) is 0 Å². The highest BCUT2D eigenvalue weighted by molar-refractivity contribution is 5.73. The van der Waals surface area contributed by atoms with E-state index in [0.717, 1.165) is 0 Å². The fourth-order valence-electron chi connectivity index (χ4n) is 0.442. The van der Waals surface area contributed by atoms with Gasteiger partial charge in [-0.2, -0.15) is 0 Å². The number of carbonyl (C=O) groups excluding carboxylic acids is 1. The van der Waals surface area contributed by atoms with Gasteiger partial charge in [0.15, 0.2) is 0 Å². The first-order valence-electron chi connectivity index (χ1n) is 3.61. The van der Waals surface area contributed by atoms with Gasteiger partial charge in [-0.15, -0.1) is 0 Å². The van der Waals surface area contributed by atoms with Crippen LogP contribution in [0.4, 0.5) is 0 Å². The average Bonchev–Trinajstić information content (AvgIpc) is 1.78. The van der Waals surface area contributed by atoms with Gasteiger partial charge in [0.05, 0.1) is 5.60 Å². The Hall–Kier alpha value is -0.610. The zero-order chi connectivity index (χ0) is 8.91. The molecule has 0 aromatic carbocycles. The molecule has 66 valence electrons. The van der Waals surface area contributed by atoms with Gasteiger partial charge in [0.25, 0.3) is 0 Å². The summed E-state index contributed by atoms with van der Waals surface area (Å²) < 4.78 is 0. The van der Waals surface area contributed by atoms with E-state index in [1.807, 2.05) is 20.8 Å². The number of primary amides is 1. The molecule has 1 amide bonds. The molecule has 0 heterocycles. The SMILES string of the molecule is CC(C)(C)ONCCC(N)=O. The summed E-state index contributed by atoms with van der Waals surface area (Å²) in [5.74, 6) is -0.324. The molecule has 0 aliphatic carbocycles. The first-order valence-corrected chi connectivity index (χ1v) is 3.61. The second-order valence-corrected chi connectivity index (χ2v) is 3.33. The second kappa shape index (κ2) is 4.31. The number of amides is 1. The summed E-state index contributed by atoms with van der Waals surface area (Å²) in [6, 6.07) is 0. The van der Waals surface area contributed by atoms with Crippen molar-refractivity contribution in [3.8, 4) is 0 Å². The molecule has 0 aliphatic rings. The Labute approximate surface area is 67.0 Å². The van der Waals surface area contributed by atoms with Crippen LogP contribution in [-0.2, 0) is 9.63 Å². The van der Waals surface area contributed by atoms with Crippen molar-refractivity contribution in [2.24, 2.45) is 5.73 Å². The van der Waals surface area contributed by atoms with Gasteiger partial charge >= 0.3 is 0 Å². The second-order valence-electron chi connectivity index (χ2n) is 3.33. The van der Waals surface area contributed by atoms with Gasteiger partial charge < -0.3 is 5.73 Å². The molecule has 0 saturated heterocycles. The summed E-state index contributed by atoms with van der Waals surface area (Å²) in [7, 11) is 0. The Bertz CT molecular complexity index is 129. The Morgan fingerprint density at radius 3 is 2.45 bits per heavy atom.